The Balaban J connectivity index is 1.80. The Bertz CT molecular complexity index is 1370. The topological polar surface area (TPSA) is 139 Å². The van der Waals surface area contributed by atoms with Gasteiger partial charge in [-0.05, 0) is 51.9 Å². The molecule has 0 spiro atoms. The summed E-state index contributed by atoms with van der Waals surface area (Å²) in [7, 11) is 6.35. The number of nitrogens with one attached hydrogen (secondary N) is 2. The van der Waals surface area contributed by atoms with Crippen molar-refractivity contribution in [3.05, 3.63) is 46.5 Å². The van der Waals surface area contributed by atoms with Crippen LogP contribution in [-0.2, 0) is 30.2 Å². The molecule has 3 N–H and O–H groups in total. The van der Waals surface area contributed by atoms with E-state index in [1.54, 1.807) is 33.2 Å². The normalized spacial score (nSPS) is 34.8. The largest absolute Gasteiger partial charge is 0.495 e. The molecule has 0 unspecified atom stereocenters. The number of ketones is 1. The van der Waals surface area contributed by atoms with Crippen molar-refractivity contribution in [2.24, 2.45) is 11.8 Å². The highest BCUT2D eigenvalue weighted by Gasteiger charge is 2.63. The number of aliphatic hydroxyl groups is 1. The van der Waals surface area contributed by atoms with Crippen LogP contribution in [0.2, 0.25) is 5.02 Å². The van der Waals surface area contributed by atoms with Crippen LogP contribution in [-0.4, -0.2) is 86.9 Å². The van der Waals surface area contributed by atoms with E-state index in [1.165, 1.54) is 19.1 Å². The maximum atomic E-state index is 13.9. The van der Waals surface area contributed by atoms with Crippen LogP contribution in [0, 0.1) is 11.8 Å². The number of fused-ring (bicyclic) bond motifs is 5. The zero-order valence-electron chi connectivity index (χ0n) is 27.3. The first-order chi connectivity index (χ1) is 21.2. The molecule has 45 heavy (non-hydrogen) atoms. The van der Waals surface area contributed by atoms with Gasteiger partial charge in [-0.15, -0.1) is 0 Å². The van der Waals surface area contributed by atoms with Crippen LogP contribution in [0.25, 0.3) is 0 Å². The number of methoxy groups -OCH3 is 2. The Morgan fingerprint density at radius 3 is 2.67 bits per heavy atom. The molecule has 11 nitrogen and oxygen atoms in total. The first-order valence-corrected chi connectivity index (χ1v) is 15.6. The summed E-state index contributed by atoms with van der Waals surface area (Å²) < 4.78 is 23.1. The minimum Gasteiger partial charge on any atom is -0.495 e. The maximum Gasteiger partial charge on any atom is 0.409 e. The van der Waals surface area contributed by atoms with Gasteiger partial charge in [0.05, 0.1) is 30.5 Å². The number of nitrogens with zero attached hydrogens (tertiary/aromatic N) is 1. The molecular formula is C33H46ClN3O8. The summed E-state index contributed by atoms with van der Waals surface area (Å²) >= 11 is 6.72. The van der Waals surface area contributed by atoms with Gasteiger partial charge in [0, 0.05) is 45.3 Å². The van der Waals surface area contributed by atoms with Crippen molar-refractivity contribution in [1.82, 2.24) is 10.6 Å². The van der Waals surface area contributed by atoms with E-state index in [9.17, 15) is 19.5 Å². The number of epoxide rings is 1. The Morgan fingerprint density at radius 2 is 2.02 bits per heavy atom. The predicted molar refractivity (Wildman–Crippen MR) is 170 cm³/mol. The number of carbonyl (C=O) groups is 3. The van der Waals surface area contributed by atoms with Crippen molar-refractivity contribution < 1.29 is 38.4 Å². The number of alkyl carbamates (subject to hydrolysis) is 1. The van der Waals surface area contributed by atoms with Gasteiger partial charge in [0.15, 0.2) is 5.72 Å². The number of anilines is 1. The first kappa shape index (κ1) is 34.9. The Morgan fingerprint density at radius 1 is 1.31 bits per heavy atom. The molecule has 0 aromatic heterocycles. The Kier molecular flexibility index (Phi) is 10.7. The number of allylic oxidation sites excluding steroid dienone is 3. The number of benzene rings is 1. The highest BCUT2D eigenvalue weighted by atomic mass is 35.5. The number of halogens is 1. The molecule has 1 aromatic rings. The molecule has 3 aliphatic heterocycles. The SMILES string of the molecule is CN[C@@H](C)C(=O)C[C@H]1CC(=O)N(C)c2cc(cc(OC)c2Cl)C/C(C)=C/C=C/[C@@H](OC)[C@@]2(O)C[C@H](OC(=O)N2)[C@@H](C)[C@@H]2O[C@@]12C. The number of likely N-dealkylation sites (N-methyl/N-ethyl adjacent to an activating group) is 1. The minimum absolute atomic E-state index is 0.00577. The quantitative estimate of drug-likeness (QED) is 0.392. The van der Waals surface area contributed by atoms with Crippen LogP contribution in [0.3, 0.4) is 0 Å². The van der Waals surface area contributed by atoms with Gasteiger partial charge >= 0.3 is 6.09 Å². The Labute approximate surface area is 270 Å². The number of amides is 2. The number of hydrogen-bond donors (Lipinski definition) is 3. The van der Waals surface area contributed by atoms with E-state index < -0.39 is 47.7 Å². The highest BCUT2D eigenvalue weighted by Crippen LogP contribution is 2.52. The number of ether oxygens (including phenoxy) is 4. The molecule has 2 fully saturated rings. The van der Waals surface area contributed by atoms with E-state index in [0.717, 1.165) is 11.1 Å². The van der Waals surface area contributed by atoms with Crippen molar-refractivity contribution in [2.75, 3.05) is 33.2 Å². The molecule has 4 rings (SSSR count). The van der Waals surface area contributed by atoms with E-state index in [2.05, 4.69) is 10.6 Å². The summed E-state index contributed by atoms with van der Waals surface area (Å²) in [4.78, 5) is 41.3. The van der Waals surface area contributed by atoms with E-state index in [0.29, 0.717) is 22.9 Å². The molecule has 3 heterocycles. The van der Waals surface area contributed by atoms with E-state index in [-0.39, 0.29) is 36.9 Å². The van der Waals surface area contributed by atoms with Gasteiger partial charge in [-0.2, -0.15) is 0 Å². The minimum atomic E-state index is -1.75. The van der Waals surface area contributed by atoms with Crippen LogP contribution in [0.4, 0.5) is 10.5 Å². The lowest BCUT2D eigenvalue weighted by molar-refractivity contribution is -0.142. The summed E-state index contributed by atoms with van der Waals surface area (Å²) in [6.07, 6.45) is 3.18. The van der Waals surface area contributed by atoms with E-state index >= 15 is 0 Å². The number of rotatable bonds is 6. The predicted octanol–water partition coefficient (Wildman–Crippen LogP) is 3.94. The van der Waals surface area contributed by atoms with Crippen molar-refractivity contribution in [2.45, 2.75) is 89.1 Å². The molecule has 2 saturated heterocycles. The number of hydrogen-bond acceptors (Lipinski definition) is 9. The third kappa shape index (κ3) is 7.38. The van der Waals surface area contributed by atoms with E-state index in [1.807, 2.05) is 39.0 Å². The molecule has 1 aromatic carbocycles. The molecule has 2 amide bonds. The second-order valence-corrected chi connectivity index (χ2v) is 13.1. The van der Waals surface area contributed by atoms with Crippen LogP contribution in [0.15, 0.2) is 35.9 Å². The number of Topliss-reactive ketones (excluding diaryl/α,β-unsaturated/α-hetero) is 1. The average Bonchev–Trinajstić information content (AvgIpc) is 3.69. The standard InChI is InChI=1S/C33H46ClN3O8/c1-18-10-9-11-27(43-8)33(41)17-26(44-31(40)36-33)19(2)30-32(4,45-30)22(15-24(38)20(3)35-5)16-28(39)37(6)23-13-21(12-18)14-25(42-7)29(23)34/h9-11,13-14,19-20,22,26-27,30,35,41H,12,15-17H2,1-8H3,(H,36,40)/b11-9+,18-10+/t19-,20+,22+,26+,27-,30+,32+,33+/m1/s1. The summed E-state index contributed by atoms with van der Waals surface area (Å²) in [5, 5.41) is 17.5. The van der Waals surface area contributed by atoms with Gasteiger partial charge in [0.25, 0.3) is 0 Å². The summed E-state index contributed by atoms with van der Waals surface area (Å²) in [6, 6.07) is 3.27. The van der Waals surface area contributed by atoms with Gasteiger partial charge in [-0.1, -0.05) is 42.3 Å². The average molecular weight is 648 g/mol. The molecule has 0 radical (unpaired) electrons. The van der Waals surface area contributed by atoms with Crippen molar-refractivity contribution in [3.8, 4) is 5.75 Å². The fraction of sp³-hybridized carbons (Fsp3) is 0.606. The van der Waals surface area contributed by atoms with Crippen LogP contribution in [0.5, 0.6) is 5.75 Å². The molecule has 0 aliphatic carbocycles. The lowest BCUT2D eigenvalue weighted by atomic mass is 9.78. The molecule has 248 valence electrons. The van der Waals surface area contributed by atoms with Gasteiger partial charge in [0.2, 0.25) is 5.91 Å². The smallest absolute Gasteiger partial charge is 0.409 e. The molecule has 12 heteroatoms. The first-order valence-electron chi connectivity index (χ1n) is 15.3. The molecular weight excluding hydrogens is 602 g/mol. The maximum absolute atomic E-state index is 13.9. The third-order valence-electron chi connectivity index (χ3n) is 9.55. The molecule has 3 aliphatic rings. The molecule has 8 atom stereocenters. The fourth-order valence-corrected chi connectivity index (χ4v) is 6.74. The highest BCUT2D eigenvalue weighted by molar-refractivity contribution is 6.35. The monoisotopic (exact) mass is 647 g/mol. The summed E-state index contributed by atoms with van der Waals surface area (Å²) in [5.41, 5.74) is -0.285. The number of carbonyl (C=O) groups excluding carboxylic acids is 3. The second-order valence-electron chi connectivity index (χ2n) is 12.7. The van der Waals surface area contributed by atoms with Gasteiger partial charge in [0.1, 0.15) is 28.8 Å². The van der Waals surface area contributed by atoms with E-state index in [4.69, 9.17) is 30.5 Å². The zero-order valence-corrected chi connectivity index (χ0v) is 28.1. The van der Waals surface area contributed by atoms with Crippen LogP contribution < -0.4 is 20.3 Å². The molecule has 4 bridgehead atoms. The lowest BCUT2D eigenvalue weighted by Crippen LogP contribution is -2.63. The lowest BCUT2D eigenvalue weighted by Gasteiger charge is -2.42. The van der Waals surface area contributed by atoms with Crippen LogP contribution >= 0.6 is 11.6 Å². The fourth-order valence-electron chi connectivity index (χ4n) is 6.42. The second kappa shape index (κ2) is 13.8. The Hall–Kier alpha value is -2.96. The van der Waals surface area contributed by atoms with Gasteiger partial charge < -0.3 is 34.3 Å². The summed E-state index contributed by atoms with van der Waals surface area (Å²) in [6.45, 7) is 7.49. The van der Waals surface area contributed by atoms with Crippen molar-refractivity contribution in [1.29, 1.82) is 0 Å². The zero-order chi connectivity index (χ0) is 33.3. The molecule has 0 saturated carbocycles. The van der Waals surface area contributed by atoms with Crippen LogP contribution in [0.1, 0.15) is 52.5 Å². The van der Waals surface area contributed by atoms with Crippen molar-refractivity contribution >= 4 is 35.1 Å². The van der Waals surface area contributed by atoms with Crippen molar-refractivity contribution in [3.63, 3.8) is 0 Å². The summed E-state index contributed by atoms with van der Waals surface area (Å²) in [5.74, 6) is -0.733. The van der Waals surface area contributed by atoms with Gasteiger partial charge in [-0.25, -0.2) is 4.79 Å². The third-order valence-corrected chi connectivity index (χ3v) is 9.93. The van der Waals surface area contributed by atoms with Gasteiger partial charge in [-0.3, -0.25) is 14.9 Å².